The van der Waals surface area contributed by atoms with Crippen LogP contribution in [0.2, 0.25) is 0 Å². The summed E-state index contributed by atoms with van der Waals surface area (Å²) < 4.78 is 17.1. The largest absolute Gasteiger partial charge is 0.490 e. The van der Waals surface area contributed by atoms with Gasteiger partial charge in [0.2, 0.25) is 0 Å². The highest BCUT2D eigenvalue weighted by molar-refractivity contribution is 7.09. The van der Waals surface area contributed by atoms with E-state index in [1.54, 1.807) is 11.3 Å². The summed E-state index contributed by atoms with van der Waals surface area (Å²) in [5, 5.41) is 5.60. The molecule has 0 amide bonds. The van der Waals surface area contributed by atoms with Crippen LogP contribution in [0.4, 0.5) is 0 Å². The molecule has 1 N–H and O–H groups in total. The highest BCUT2D eigenvalue weighted by Crippen LogP contribution is 2.29. The van der Waals surface area contributed by atoms with Crippen molar-refractivity contribution < 1.29 is 14.2 Å². The summed E-state index contributed by atoms with van der Waals surface area (Å²) in [4.78, 5) is 3.68. The minimum absolute atomic E-state index is 0.580. The summed E-state index contributed by atoms with van der Waals surface area (Å²) in [5.74, 6) is 1.63. The molecule has 1 aliphatic heterocycles. The molecule has 27 heavy (non-hydrogen) atoms. The number of ether oxygens (including phenoxy) is 3. The lowest BCUT2D eigenvalue weighted by Crippen LogP contribution is -2.37. The van der Waals surface area contributed by atoms with Crippen molar-refractivity contribution in [3.63, 3.8) is 0 Å². The molecule has 0 unspecified atom stereocenters. The van der Waals surface area contributed by atoms with Crippen molar-refractivity contribution in [1.82, 2.24) is 10.2 Å². The van der Waals surface area contributed by atoms with Crippen molar-refractivity contribution in [1.29, 1.82) is 0 Å². The molecule has 0 spiro atoms. The molecule has 1 fully saturated rings. The Morgan fingerprint density at radius 3 is 2.81 bits per heavy atom. The minimum atomic E-state index is 0.580. The predicted octanol–water partition coefficient (Wildman–Crippen LogP) is 3.54. The zero-order valence-electron chi connectivity index (χ0n) is 16.1. The van der Waals surface area contributed by atoms with Gasteiger partial charge in [-0.3, -0.25) is 4.90 Å². The molecule has 0 radical (unpaired) electrons. The Morgan fingerprint density at radius 2 is 2.04 bits per heavy atom. The zero-order chi connectivity index (χ0) is 18.7. The number of rotatable bonds is 11. The number of morpholine rings is 1. The van der Waals surface area contributed by atoms with Crippen molar-refractivity contribution in [3.05, 3.63) is 46.2 Å². The van der Waals surface area contributed by atoms with Gasteiger partial charge in [-0.15, -0.1) is 11.3 Å². The van der Waals surface area contributed by atoms with Crippen LogP contribution in [0.3, 0.4) is 0 Å². The van der Waals surface area contributed by atoms with Gasteiger partial charge in [-0.25, -0.2) is 0 Å². The first-order valence-corrected chi connectivity index (χ1v) is 10.6. The lowest BCUT2D eigenvalue weighted by atomic mass is 10.2. The van der Waals surface area contributed by atoms with Crippen LogP contribution in [0.1, 0.15) is 23.8 Å². The highest BCUT2D eigenvalue weighted by atomic mass is 32.1. The first-order chi connectivity index (χ1) is 13.3. The standard InChI is InChI=1S/C21H30N2O3S/c1-2-25-21-15-18(6-7-20(21)26-17-19-5-3-14-27-19)16-22-8-4-9-23-10-12-24-13-11-23/h3,5-7,14-15,22H,2,4,8-13,16-17H2,1H3. The van der Waals surface area contributed by atoms with E-state index in [1.807, 2.05) is 19.1 Å². The van der Waals surface area contributed by atoms with Gasteiger partial charge in [0.05, 0.1) is 19.8 Å². The van der Waals surface area contributed by atoms with E-state index in [2.05, 4.69) is 33.8 Å². The van der Waals surface area contributed by atoms with Gasteiger partial charge in [0, 0.05) is 24.5 Å². The molecule has 0 bridgehead atoms. The van der Waals surface area contributed by atoms with Crippen LogP contribution in [0.15, 0.2) is 35.7 Å². The Hall–Kier alpha value is -1.60. The lowest BCUT2D eigenvalue weighted by Gasteiger charge is -2.26. The number of hydrogen-bond donors (Lipinski definition) is 1. The number of thiophene rings is 1. The third kappa shape index (κ3) is 6.81. The summed E-state index contributed by atoms with van der Waals surface area (Å²) in [7, 11) is 0. The van der Waals surface area contributed by atoms with E-state index in [9.17, 15) is 0 Å². The summed E-state index contributed by atoms with van der Waals surface area (Å²) >= 11 is 1.70. The molecule has 6 heteroatoms. The number of nitrogens with one attached hydrogen (secondary N) is 1. The molecule has 0 saturated carbocycles. The maximum Gasteiger partial charge on any atom is 0.161 e. The molecule has 3 rings (SSSR count). The third-order valence-corrected chi connectivity index (χ3v) is 5.37. The fourth-order valence-electron chi connectivity index (χ4n) is 3.08. The SMILES string of the molecule is CCOc1cc(CNCCCN2CCOCC2)ccc1OCc1cccs1. The van der Waals surface area contributed by atoms with Gasteiger partial charge in [0.25, 0.3) is 0 Å². The Kier molecular flexibility index (Phi) is 8.42. The Labute approximate surface area is 166 Å². The van der Waals surface area contributed by atoms with Crippen LogP contribution in [-0.2, 0) is 17.9 Å². The Morgan fingerprint density at radius 1 is 1.15 bits per heavy atom. The van der Waals surface area contributed by atoms with E-state index in [0.717, 1.165) is 63.9 Å². The third-order valence-electron chi connectivity index (χ3n) is 4.52. The Bertz CT molecular complexity index is 657. The van der Waals surface area contributed by atoms with Crippen molar-refractivity contribution >= 4 is 11.3 Å². The van der Waals surface area contributed by atoms with Gasteiger partial charge in [0.1, 0.15) is 6.61 Å². The number of nitrogens with zero attached hydrogens (tertiary/aromatic N) is 1. The average Bonchev–Trinajstić information content (AvgIpc) is 3.22. The molecule has 1 aromatic carbocycles. The fourth-order valence-corrected chi connectivity index (χ4v) is 3.69. The van der Waals surface area contributed by atoms with Crippen LogP contribution in [0.5, 0.6) is 11.5 Å². The van der Waals surface area contributed by atoms with Crippen LogP contribution in [-0.4, -0.2) is 50.9 Å². The smallest absolute Gasteiger partial charge is 0.161 e. The summed E-state index contributed by atoms with van der Waals surface area (Å²) in [6.45, 7) is 10.1. The summed E-state index contributed by atoms with van der Waals surface area (Å²) in [5.41, 5.74) is 1.22. The summed E-state index contributed by atoms with van der Waals surface area (Å²) in [6, 6.07) is 10.3. The molecule has 0 atom stereocenters. The van der Waals surface area contributed by atoms with E-state index in [-0.39, 0.29) is 0 Å². The van der Waals surface area contributed by atoms with Crippen LogP contribution in [0.25, 0.3) is 0 Å². The quantitative estimate of drug-likeness (QED) is 0.595. The van der Waals surface area contributed by atoms with Crippen molar-refractivity contribution in [2.24, 2.45) is 0 Å². The van der Waals surface area contributed by atoms with Gasteiger partial charge in [-0.1, -0.05) is 12.1 Å². The first-order valence-electron chi connectivity index (χ1n) is 9.77. The maximum absolute atomic E-state index is 5.95. The number of benzene rings is 1. The van der Waals surface area contributed by atoms with E-state index in [1.165, 1.54) is 10.4 Å². The van der Waals surface area contributed by atoms with Crippen molar-refractivity contribution in [2.75, 3.05) is 46.0 Å². The normalized spacial score (nSPS) is 15.0. The predicted molar refractivity (Wildman–Crippen MR) is 110 cm³/mol. The molecule has 0 aliphatic carbocycles. The molecule has 2 aromatic rings. The second-order valence-corrected chi connectivity index (χ2v) is 7.60. The molecule has 148 valence electrons. The minimum Gasteiger partial charge on any atom is -0.490 e. The molecule has 2 heterocycles. The van der Waals surface area contributed by atoms with Gasteiger partial charge in [-0.05, 0) is 55.6 Å². The van der Waals surface area contributed by atoms with Gasteiger partial charge < -0.3 is 19.5 Å². The van der Waals surface area contributed by atoms with E-state index < -0.39 is 0 Å². The van der Waals surface area contributed by atoms with Gasteiger partial charge in [0.15, 0.2) is 11.5 Å². The lowest BCUT2D eigenvalue weighted by molar-refractivity contribution is 0.0374. The molecule has 5 nitrogen and oxygen atoms in total. The molecule has 1 aliphatic rings. The maximum atomic E-state index is 5.95. The number of hydrogen-bond acceptors (Lipinski definition) is 6. The van der Waals surface area contributed by atoms with E-state index >= 15 is 0 Å². The van der Waals surface area contributed by atoms with Gasteiger partial charge in [-0.2, -0.15) is 0 Å². The second kappa shape index (κ2) is 11.3. The average molecular weight is 391 g/mol. The monoisotopic (exact) mass is 390 g/mol. The van der Waals surface area contributed by atoms with Gasteiger partial charge >= 0.3 is 0 Å². The first kappa shape index (κ1) is 20.1. The molecular weight excluding hydrogens is 360 g/mol. The zero-order valence-corrected chi connectivity index (χ0v) is 16.9. The fraction of sp³-hybridized carbons (Fsp3) is 0.524. The Balaban J connectivity index is 1.43. The van der Waals surface area contributed by atoms with Crippen LogP contribution < -0.4 is 14.8 Å². The van der Waals surface area contributed by atoms with E-state index in [0.29, 0.717) is 13.2 Å². The second-order valence-electron chi connectivity index (χ2n) is 6.57. The molecule has 1 aromatic heterocycles. The highest BCUT2D eigenvalue weighted by Gasteiger charge is 2.10. The summed E-state index contributed by atoms with van der Waals surface area (Å²) in [6.07, 6.45) is 1.15. The van der Waals surface area contributed by atoms with Crippen molar-refractivity contribution in [2.45, 2.75) is 26.5 Å². The van der Waals surface area contributed by atoms with Crippen LogP contribution in [0, 0.1) is 0 Å². The van der Waals surface area contributed by atoms with Crippen LogP contribution >= 0.6 is 11.3 Å². The van der Waals surface area contributed by atoms with Crippen molar-refractivity contribution in [3.8, 4) is 11.5 Å². The topological polar surface area (TPSA) is 43.0 Å². The molecule has 1 saturated heterocycles. The van der Waals surface area contributed by atoms with E-state index in [4.69, 9.17) is 14.2 Å². The molecular formula is C21H30N2O3S.